The van der Waals surface area contributed by atoms with Crippen molar-refractivity contribution in [3.05, 3.63) is 60.7 Å². The van der Waals surface area contributed by atoms with Crippen LogP contribution in [0.4, 0.5) is 0 Å². The van der Waals surface area contributed by atoms with Gasteiger partial charge in [-0.25, -0.2) is 0 Å². The van der Waals surface area contributed by atoms with E-state index in [0.717, 1.165) is 25.3 Å². The molecule has 6 heteroatoms. The number of rotatable bonds is 18. The molecule has 0 radical (unpaired) electrons. The fourth-order valence-electron chi connectivity index (χ4n) is 4.21. The number of benzene rings is 2. The monoisotopic (exact) mass is 506 g/mol. The van der Waals surface area contributed by atoms with Crippen LogP contribution in [0.1, 0.15) is 46.5 Å². The van der Waals surface area contributed by atoms with Crippen LogP contribution in [-0.4, -0.2) is 60.4 Å². The molecule has 0 atom stereocenters. The summed E-state index contributed by atoms with van der Waals surface area (Å²) in [6, 6.07) is 21.4. The summed E-state index contributed by atoms with van der Waals surface area (Å²) in [4.78, 5) is 0. The molecule has 0 aromatic heterocycles. The maximum Gasteiger partial charge on any atom is 0.261 e. The Kier molecular flexibility index (Phi) is 14.0. The first-order chi connectivity index (χ1) is 16.5. The van der Waals surface area contributed by atoms with Crippen LogP contribution in [0.2, 0.25) is 5.04 Å². The molecule has 2 aromatic rings. The van der Waals surface area contributed by atoms with Crippen LogP contribution in [0, 0.1) is 0 Å². The Morgan fingerprint density at radius 1 is 0.588 bits per heavy atom. The Hall–Kier alpha value is -1.21. The van der Waals surface area contributed by atoms with Crippen LogP contribution < -0.4 is 10.4 Å². The van der Waals surface area contributed by atoms with Gasteiger partial charge in [0.2, 0.25) is 0 Å². The smallest absolute Gasteiger partial charge is 0.261 e. The van der Waals surface area contributed by atoms with Gasteiger partial charge in [-0.3, -0.25) is 0 Å². The minimum atomic E-state index is -2.49. The maximum absolute atomic E-state index is 6.82. The minimum absolute atomic E-state index is 0.0249. The second-order valence-electron chi connectivity index (χ2n) is 9.45. The minimum Gasteiger partial charge on any atom is -0.405 e. The third-order valence-electron chi connectivity index (χ3n) is 5.88. The topological polar surface area (TPSA) is 36.9 Å². The van der Waals surface area contributed by atoms with E-state index >= 15 is 0 Å². The van der Waals surface area contributed by atoms with Crippen molar-refractivity contribution < 1.29 is 18.6 Å². The van der Waals surface area contributed by atoms with Crippen molar-refractivity contribution in [2.75, 3.05) is 52.1 Å². The summed E-state index contributed by atoms with van der Waals surface area (Å²) < 4.78 is 23.9. The van der Waals surface area contributed by atoms with Crippen molar-refractivity contribution in [1.29, 1.82) is 0 Å². The van der Waals surface area contributed by atoms with Gasteiger partial charge in [0.25, 0.3) is 8.32 Å². The van der Waals surface area contributed by atoms with E-state index in [1.54, 1.807) is 0 Å². The second-order valence-corrected chi connectivity index (χ2v) is 14.1. The van der Waals surface area contributed by atoms with Crippen molar-refractivity contribution in [2.45, 2.75) is 51.5 Å². The molecule has 0 unspecified atom stereocenters. The largest absolute Gasteiger partial charge is 0.405 e. The number of alkyl halides is 1. The fraction of sp³-hybridized carbons (Fsp3) is 0.571. The van der Waals surface area contributed by atoms with Gasteiger partial charge in [-0.05, 0) is 28.3 Å². The van der Waals surface area contributed by atoms with Gasteiger partial charge in [0.15, 0.2) is 0 Å². The zero-order valence-corrected chi connectivity index (χ0v) is 23.0. The zero-order chi connectivity index (χ0) is 24.5. The third kappa shape index (κ3) is 9.44. The Balaban J connectivity index is 1.73. The number of hydrogen-bond acceptors (Lipinski definition) is 4. The summed E-state index contributed by atoms with van der Waals surface area (Å²) in [5.74, 6) is 0.752. The first kappa shape index (κ1) is 29.0. The molecular weight excluding hydrogens is 464 g/mol. The number of hydrogen-bond donors (Lipinski definition) is 0. The van der Waals surface area contributed by atoms with Crippen LogP contribution >= 0.6 is 11.6 Å². The van der Waals surface area contributed by atoms with E-state index in [-0.39, 0.29) is 5.04 Å². The van der Waals surface area contributed by atoms with E-state index in [1.807, 2.05) is 0 Å². The fourth-order valence-corrected chi connectivity index (χ4v) is 8.94. The third-order valence-corrected chi connectivity index (χ3v) is 11.2. The Morgan fingerprint density at radius 3 is 1.50 bits per heavy atom. The van der Waals surface area contributed by atoms with Gasteiger partial charge in [0.05, 0.1) is 39.6 Å². The molecule has 0 heterocycles. The van der Waals surface area contributed by atoms with Crippen LogP contribution in [0.3, 0.4) is 0 Å². The first-order valence-corrected chi connectivity index (χ1v) is 15.0. The number of unbranched alkanes of at least 4 members (excludes halogenated alkanes) is 3. The Bertz CT molecular complexity index is 713. The highest BCUT2D eigenvalue weighted by Gasteiger charge is 2.49. The SMILES string of the molecule is CC(C)(C)[Si](OCCOCCOCCOCCCCCCCl)(c1ccccc1)c1ccccc1. The van der Waals surface area contributed by atoms with E-state index in [2.05, 4.69) is 81.4 Å². The van der Waals surface area contributed by atoms with Crippen molar-refractivity contribution in [2.24, 2.45) is 0 Å². The molecule has 190 valence electrons. The number of halogens is 1. The predicted molar refractivity (Wildman–Crippen MR) is 145 cm³/mol. The van der Waals surface area contributed by atoms with E-state index in [9.17, 15) is 0 Å². The molecule has 2 aromatic carbocycles. The van der Waals surface area contributed by atoms with Crippen LogP contribution in [0.5, 0.6) is 0 Å². The molecule has 0 amide bonds. The van der Waals surface area contributed by atoms with E-state index in [4.69, 9.17) is 30.2 Å². The first-order valence-electron chi connectivity index (χ1n) is 12.6. The molecule has 0 spiro atoms. The van der Waals surface area contributed by atoms with Gasteiger partial charge in [-0.2, -0.15) is 0 Å². The highest BCUT2D eigenvalue weighted by Crippen LogP contribution is 2.36. The standard InChI is InChI=1S/C28H43ClO4Si/c1-28(2,3)34(26-14-8-6-9-15-26,27-16-10-7-11-17-27)33-25-24-32-23-22-31-21-20-30-19-13-5-4-12-18-29/h6-11,14-17H,4-5,12-13,18-25H2,1-3H3. The van der Waals surface area contributed by atoms with E-state index < -0.39 is 8.32 Å². The predicted octanol–water partition coefficient (Wildman–Crippen LogP) is 5.41. The molecule has 0 aliphatic rings. The number of ether oxygens (including phenoxy) is 3. The lowest BCUT2D eigenvalue weighted by Gasteiger charge is -2.43. The van der Waals surface area contributed by atoms with Gasteiger partial charge >= 0.3 is 0 Å². The lowest BCUT2D eigenvalue weighted by atomic mass is 10.2. The van der Waals surface area contributed by atoms with Crippen molar-refractivity contribution >= 4 is 30.3 Å². The summed E-state index contributed by atoms with van der Waals surface area (Å²) in [6.07, 6.45) is 4.54. The van der Waals surface area contributed by atoms with Crippen molar-refractivity contribution in [3.63, 3.8) is 0 Å². The average Bonchev–Trinajstić information content (AvgIpc) is 2.84. The highest BCUT2D eigenvalue weighted by molar-refractivity contribution is 6.99. The average molecular weight is 507 g/mol. The molecular formula is C28H43ClO4Si. The summed E-state index contributed by atoms with van der Waals surface area (Å²) in [6.45, 7) is 11.1. The van der Waals surface area contributed by atoms with E-state index in [0.29, 0.717) is 39.6 Å². The molecule has 4 nitrogen and oxygen atoms in total. The van der Waals surface area contributed by atoms with Crippen LogP contribution in [0.15, 0.2) is 60.7 Å². The molecule has 34 heavy (non-hydrogen) atoms. The summed E-state index contributed by atoms with van der Waals surface area (Å²) >= 11 is 5.68. The van der Waals surface area contributed by atoms with Gasteiger partial charge in [0.1, 0.15) is 0 Å². The lowest BCUT2D eigenvalue weighted by Crippen LogP contribution is -2.66. The molecule has 0 bridgehead atoms. The Morgan fingerprint density at radius 2 is 1.03 bits per heavy atom. The molecule has 0 aliphatic carbocycles. The summed E-state index contributed by atoms with van der Waals surface area (Å²) in [7, 11) is -2.49. The van der Waals surface area contributed by atoms with Crippen molar-refractivity contribution in [1.82, 2.24) is 0 Å². The highest BCUT2D eigenvalue weighted by atomic mass is 35.5. The van der Waals surface area contributed by atoms with Gasteiger partial charge < -0.3 is 18.6 Å². The van der Waals surface area contributed by atoms with Crippen LogP contribution in [-0.2, 0) is 18.6 Å². The molecule has 0 fully saturated rings. The second kappa shape index (κ2) is 16.5. The van der Waals surface area contributed by atoms with Gasteiger partial charge in [0, 0.05) is 12.5 Å². The van der Waals surface area contributed by atoms with Crippen LogP contribution in [0.25, 0.3) is 0 Å². The normalized spacial score (nSPS) is 12.2. The molecule has 0 saturated heterocycles. The Labute approximate surface area is 213 Å². The van der Waals surface area contributed by atoms with Crippen molar-refractivity contribution in [3.8, 4) is 0 Å². The van der Waals surface area contributed by atoms with E-state index in [1.165, 1.54) is 23.2 Å². The molecule has 0 N–H and O–H groups in total. The quantitative estimate of drug-likeness (QED) is 0.154. The molecule has 0 saturated carbocycles. The van der Waals surface area contributed by atoms with Gasteiger partial charge in [-0.1, -0.05) is 94.3 Å². The maximum atomic E-state index is 6.82. The molecule has 0 aliphatic heterocycles. The summed E-state index contributed by atoms with van der Waals surface area (Å²) in [5, 5.41) is 2.55. The lowest BCUT2D eigenvalue weighted by molar-refractivity contribution is 0.00824. The van der Waals surface area contributed by atoms with Gasteiger partial charge in [-0.15, -0.1) is 11.6 Å². The zero-order valence-electron chi connectivity index (χ0n) is 21.3. The molecule has 2 rings (SSSR count). The summed E-state index contributed by atoms with van der Waals surface area (Å²) in [5.41, 5.74) is 0.